The highest BCUT2D eigenvalue weighted by Gasteiger charge is 2.44. The lowest BCUT2D eigenvalue weighted by atomic mass is 9.99. The Morgan fingerprint density at radius 1 is 0.397 bits per heavy atom. The van der Waals surface area contributed by atoms with Gasteiger partial charge in [-0.15, -0.1) is 10.2 Å². The summed E-state index contributed by atoms with van der Waals surface area (Å²) in [5, 5.41) is 19.1. The number of nitrogens with zero attached hydrogens (tertiary/aromatic N) is 6. The van der Waals surface area contributed by atoms with E-state index in [2.05, 4.69) is 0 Å². The minimum absolute atomic E-state index is 0.00888. The fourth-order valence-electron chi connectivity index (χ4n) is 9.14. The van der Waals surface area contributed by atoms with E-state index < -0.39 is 36.4 Å². The average Bonchev–Trinajstić information content (AvgIpc) is 4.13. The molecule has 2 aromatic heterocycles. The van der Waals surface area contributed by atoms with Gasteiger partial charge in [-0.25, -0.2) is 19.0 Å². The van der Waals surface area contributed by atoms with E-state index in [1.165, 1.54) is 0 Å². The molecule has 9 aromatic rings. The number of ether oxygens (including phenoxy) is 8. The minimum atomic E-state index is -1.43. The Morgan fingerprint density at radius 3 is 1.09 bits per heavy atom. The largest absolute Gasteiger partial charge is 0.487 e. The van der Waals surface area contributed by atoms with Crippen LogP contribution in [-0.2, 0) is 41.5 Å². The predicted molar refractivity (Wildman–Crippen MR) is 292 cm³/mol. The molecule has 4 atom stereocenters. The number of esters is 2. The summed E-state index contributed by atoms with van der Waals surface area (Å²) in [4.78, 5) is 29.7. The van der Waals surface area contributed by atoms with E-state index in [1.54, 1.807) is 57.9 Å². The summed E-state index contributed by atoms with van der Waals surface area (Å²) < 4.78 is 55.4. The Kier molecular flexibility index (Phi) is 18.1. The summed E-state index contributed by atoms with van der Waals surface area (Å²) in [5.74, 6) is -0.284. The third-order valence-corrected chi connectivity index (χ3v) is 12.9. The van der Waals surface area contributed by atoms with Crippen LogP contribution in [0.5, 0.6) is 11.5 Å². The Balaban J connectivity index is 1.12. The monoisotopic (exact) mass is 1050 g/mol. The van der Waals surface area contributed by atoms with E-state index in [1.807, 2.05) is 158 Å². The average molecular weight is 1050 g/mol. The van der Waals surface area contributed by atoms with Crippen LogP contribution in [0.2, 0.25) is 0 Å². The van der Waals surface area contributed by atoms with Gasteiger partial charge in [-0.05, 0) is 36.4 Å². The summed E-state index contributed by atoms with van der Waals surface area (Å²) in [6.45, 7) is 0.899. The first-order valence-electron chi connectivity index (χ1n) is 25.9. The van der Waals surface area contributed by atoms with E-state index in [9.17, 15) is 9.59 Å². The van der Waals surface area contributed by atoms with Gasteiger partial charge in [0.15, 0.2) is 23.7 Å². The Hall–Kier alpha value is -8.80. The first-order chi connectivity index (χ1) is 38.6. The summed E-state index contributed by atoms with van der Waals surface area (Å²) in [5.41, 5.74) is 6.39. The van der Waals surface area contributed by atoms with Crippen LogP contribution in [0.4, 0.5) is 0 Å². The number of carbonyl (C=O) groups excluding carboxylic acids is 2. The molecular weight excluding hydrogens is 989 g/mol. The van der Waals surface area contributed by atoms with Gasteiger partial charge in [0.25, 0.3) is 0 Å². The second-order valence-electron chi connectivity index (χ2n) is 18.1. The van der Waals surface area contributed by atoms with Crippen LogP contribution in [0, 0.1) is 0 Å². The molecule has 78 heavy (non-hydrogen) atoms. The van der Waals surface area contributed by atoms with Crippen molar-refractivity contribution in [3.8, 4) is 56.5 Å². The fraction of sp³-hybridized carbons (Fsp3) is 0.226. The molecule has 0 aliphatic carbocycles. The van der Waals surface area contributed by atoms with Crippen molar-refractivity contribution in [2.75, 3.05) is 52.9 Å². The molecule has 0 radical (unpaired) electrons. The van der Waals surface area contributed by atoms with Gasteiger partial charge < -0.3 is 37.9 Å². The minimum Gasteiger partial charge on any atom is -0.487 e. The van der Waals surface area contributed by atoms with Gasteiger partial charge in [-0.2, -0.15) is 0 Å². The lowest BCUT2D eigenvalue weighted by molar-refractivity contribution is -0.156. The Labute approximate surface area is 452 Å². The normalized spacial score (nSPS) is 17.8. The molecule has 16 heteroatoms. The standard InChI is InChI=1S/C62H58N6O10/c69-61(49-29-15-5-16-30-49)77-59-53(43-67-57(47-25-11-3-12-26-47)55(63-65-67)45-21-7-1-8-22-45)75-41-37-71-35-39-73-51-33-19-20-34-52(51)74-40-36-72-38-42-76-54(60(59)78-62(70)50-31-17-6-18-32-50)44-68-58(48-27-13-4-14-28-48)56(64-66-68)46-23-9-2-10-24-46/h1-34,53-54,59-60H,35-44H2/t53-,54-,59-,60?/m1/s1. The number of hydrogen-bond donors (Lipinski definition) is 0. The van der Waals surface area contributed by atoms with Crippen LogP contribution < -0.4 is 9.47 Å². The Bertz CT molecular complexity index is 3060. The predicted octanol–water partition coefficient (Wildman–Crippen LogP) is 9.96. The molecular formula is C62H58N6O10. The maximum atomic E-state index is 14.8. The van der Waals surface area contributed by atoms with E-state index in [0.29, 0.717) is 34.3 Å². The molecule has 396 valence electrons. The molecule has 0 amide bonds. The van der Waals surface area contributed by atoms with Crippen LogP contribution in [0.1, 0.15) is 20.7 Å². The van der Waals surface area contributed by atoms with Gasteiger partial charge >= 0.3 is 11.9 Å². The zero-order valence-electron chi connectivity index (χ0n) is 42.8. The van der Waals surface area contributed by atoms with E-state index in [0.717, 1.165) is 22.3 Å². The van der Waals surface area contributed by atoms with Crippen molar-refractivity contribution in [1.82, 2.24) is 30.0 Å². The van der Waals surface area contributed by atoms with Crippen molar-refractivity contribution in [2.24, 2.45) is 0 Å². The second-order valence-corrected chi connectivity index (χ2v) is 18.1. The number of rotatable bonds is 12. The highest BCUT2D eigenvalue weighted by Crippen LogP contribution is 2.34. The van der Waals surface area contributed by atoms with Crippen LogP contribution in [-0.4, -0.2) is 119 Å². The lowest BCUT2D eigenvalue weighted by Gasteiger charge is -2.37. The molecule has 0 saturated carbocycles. The molecule has 3 heterocycles. The molecule has 1 unspecified atom stereocenters. The summed E-state index contributed by atoms with van der Waals surface area (Å²) >= 11 is 0. The summed E-state index contributed by atoms with van der Waals surface area (Å²) in [6, 6.07) is 63.7. The number of para-hydroxylation sites is 2. The fourth-order valence-corrected chi connectivity index (χ4v) is 9.14. The van der Waals surface area contributed by atoms with Gasteiger partial charge in [-0.1, -0.05) is 180 Å². The first-order valence-corrected chi connectivity index (χ1v) is 25.9. The number of hydrogen-bond acceptors (Lipinski definition) is 14. The van der Waals surface area contributed by atoms with E-state index in [-0.39, 0.29) is 77.1 Å². The van der Waals surface area contributed by atoms with Crippen molar-refractivity contribution in [3.05, 3.63) is 217 Å². The molecule has 0 saturated heterocycles. The maximum Gasteiger partial charge on any atom is 0.338 e. The highest BCUT2D eigenvalue weighted by molar-refractivity contribution is 5.90. The van der Waals surface area contributed by atoms with Crippen LogP contribution >= 0.6 is 0 Å². The number of carbonyl (C=O) groups is 2. The second kappa shape index (κ2) is 26.8. The zero-order valence-corrected chi connectivity index (χ0v) is 42.8. The van der Waals surface area contributed by atoms with Gasteiger partial charge in [0.05, 0.1) is 75.2 Å². The molecule has 1 aliphatic rings. The smallest absolute Gasteiger partial charge is 0.338 e. The Morgan fingerprint density at radius 2 is 0.718 bits per heavy atom. The number of aromatic nitrogens is 6. The molecule has 0 spiro atoms. The zero-order chi connectivity index (χ0) is 53.1. The molecule has 0 fully saturated rings. The van der Waals surface area contributed by atoms with Crippen LogP contribution in [0.15, 0.2) is 206 Å². The maximum absolute atomic E-state index is 14.8. The van der Waals surface area contributed by atoms with Gasteiger partial charge in [-0.3, -0.25) is 0 Å². The topological polar surface area (TPSA) is 169 Å². The lowest BCUT2D eigenvalue weighted by Crippen LogP contribution is -2.54. The van der Waals surface area contributed by atoms with Crippen molar-refractivity contribution < 1.29 is 47.5 Å². The van der Waals surface area contributed by atoms with Gasteiger partial charge in [0.2, 0.25) is 0 Å². The molecule has 1 aliphatic heterocycles. The highest BCUT2D eigenvalue weighted by atomic mass is 16.6. The summed E-state index contributed by atoms with van der Waals surface area (Å²) in [7, 11) is 0. The van der Waals surface area contributed by atoms with Crippen molar-refractivity contribution >= 4 is 11.9 Å². The van der Waals surface area contributed by atoms with E-state index in [4.69, 9.17) is 58.5 Å². The molecule has 16 nitrogen and oxygen atoms in total. The van der Waals surface area contributed by atoms with Crippen molar-refractivity contribution in [3.63, 3.8) is 0 Å². The first kappa shape index (κ1) is 52.6. The van der Waals surface area contributed by atoms with Crippen LogP contribution in [0.3, 0.4) is 0 Å². The van der Waals surface area contributed by atoms with E-state index >= 15 is 0 Å². The third kappa shape index (κ3) is 13.4. The number of benzene rings is 7. The van der Waals surface area contributed by atoms with Crippen molar-refractivity contribution in [1.29, 1.82) is 0 Å². The van der Waals surface area contributed by atoms with Gasteiger partial charge in [0, 0.05) is 22.3 Å². The summed E-state index contributed by atoms with van der Waals surface area (Å²) in [6.07, 6.45) is -5.14. The molecule has 0 bridgehead atoms. The molecule has 7 aromatic carbocycles. The van der Waals surface area contributed by atoms with Crippen molar-refractivity contribution in [2.45, 2.75) is 37.5 Å². The third-order valence-electron chi connectivity index (χ3n) is 12.9. The molecule has 10 rings (SSSR count). The quantitative estimate of drug-likeness (QED) is 0.106. The van der Waals surface area contributed by atoms with Crippen LogP contribution in [0.25, 0.3) is 45.0 Å². The van der Waals surface area contributed by atoms with Gasteiger partial charge in [0.1, 0.15) is 36.8 Å². The number of fused-ring (bicyclic) bond motifs is 1. The SMILES string of the molecule is O=C(OC1[C@@H](Cn2nnc(-c3ccccc3)c2-c2ccccc2)OCCOCCOc2ccccc2OCCOCCO[C@H](Cn2nnc(-c3ccccc3)c2-c2ccccc2)[C@H]1OC(=O)c1ccccc1)c1ccccc1. The molecule has 0 N–H and O–H groups in total.